The van der Waals surface area contributed by atoms with Crippen LogP contribution >= 0.6 is 15.9 Å². The Hall–Kier alpha value is -1.86. The summed E-state index contributed by atoms with van der Waals surface area (Å²) >= 11 is 3.80. The van der Waals surface area contributed by atoms with Crippen molar-refractivity contribution in [3.8, 4) is 11.1 Å². The van der Waals surface area contributed by atoms with Crippen molar-refractivity contribution in [3.05, 3.63) is 76.3 Å². The van der Waals surface area contributed by atoms with Crippen LogP contribution < -0.4 is 0 Å². The molecule has 4 rings (SSSR count). The fourth-order valence-electron chi connectivity index (χ4n) is 2.96. The summed E-state index contributed by atoms with van der Waals surface area (Å²) in [6.45, 7) is 0. The van der Waals surface area contributed by atoms with Crippen LogP contribution in [-0.4, -0.2) is 0 Å². The number of allylic oxidation sites excluding steroid dienone is 1. The Morgan fingerprint density at radius 2 is 1.65 bits per heavy atom. The summed E-state index contributed by atoms with van der Waals surface area (Å²) in [5.74, 6) is 0. The predicted molar refractivity (Wildman–Crippen MR) is 89.8 cm³/mol. The Balaban J connectivity index is 2.03. The van der Waals surface area contributed by atoms with Crippen molar-refractivity contribution in [2.24, 2.45) is 0 Å². The summed E-state index contributed by atoms with van der Waals surface area (Å²) in [6.07, 6.45) is 5.49. The highest BCUT2D eigenvalue weighted by molar-refractivity contribution is 9.10. The first-order valence-electron chi connectivity index (χ1n) is 6.80. The minimum Gasteiger partial charge on any atom is -0.0795 e. The highest BCUT2D eigenvalue weighted by Gasteiger charge is 2.14. The Bertz CT molecular complexity index is 838. The second-order valence-electron chi connectivity index (χ2n) is 5.13. The quantitative estimate of drug-likeness (QED) is 0.528. The maximum absolute atomic E-state index is 3.80. The van der Waals surface area contributed by atoms with Crippen molar-refractivity contribution in [2.45, 2.75) is 6.42 Å². The molecular weight excluding hydrogens is 308 g/mol. The van der Waals surface area contributed by atoms with Crippen molar-refractivity contribution in [1.29, 1.82) is 0 Å². The molecule has 0 fully saturated rings. The van der Waals surface area contributed by atoms with Crippen molar-refractivity contribution < 1.29 is 0 Å². The molecule has 3 aromatic rings. The van der Waals surface area contributed by atoms with Gasteiger partial charge in [-0.3, -0.25) is 0 Å². The average Bonchev–Trinajstić information content (AvgIpc) is 2.97. The fraction of sp³-hybridized carbons (Fsp3) is 0.0526. The van der Waals surface area contributed by atoms with Crippen LogP contribution in [-0.2, 0) is 6.42 Å². The lowest BCUT2D eigenvalue weighted by Gasteiger charge is -2.12. The van der Waals surface area contributed by atoms with Crippen LogP contribution in [0.2, 0.25) is 0 Å². The molecule has 0 saturated carbocycles. The first kappa shape index (κ1) is 11.9. The second kappa shape index (κ2) is 4.60. The van der Waals surface area contributed by atoms with Crippen LogP contribution in [0.25, 0.3) is 28.0 Å². The van der Waals surface area contributed by atoms with Gasteiger partial charge in [0, 0.05) is 4.47 Å². The SMILES string of the molecule is Brc1c(-c2cccc3ccccc23)ccc2c1C=CC2. The predicted octanol–water partition coefficient (Wildman–Crippen LogP) is 5.84. The minimum atomic E-state index is 1.05. The van der Waals surface area contributed by atoms with Gasteiger partial charge in [0.1, 0.15) is 0 Å². The molecule has 0 amide bonds. The van der Waals surface area contributed by atoms with E-state index in [-0.39, 0.29) is 0 Å². The van der Waals surface area contributed by atoms with Gasteiger partial charge in [0.15, 0.2) is 0 Å². The van der Waals surface area contributed by atoms with Gasteiger partial charge in [0.05, 0.1) is 0 Å². The number of fused-ring (bicyclic) bond motifs is 2. The Labute approximate surface area is 126 Å². The lowest BCUT2D eigenvalue weighted by molar-refractivity contribution is 1.30. The molecule has 0 aromatic heterocycles. The Morgan fingerprint density at radius 3 is 2.60 bits per heavy atom. The van der Waals surface area contributed by atoms with E-state index in [9.17, 15) is 0 Å². The van der Waals surface area contributed by atoms with Crippen LogP contribution in [0.3, 0.4) is 0 Å². The van der Waals surface area contributed by atoms with E-state index in [0.29, 0.717) is 0 Å². The summed E-state index contributed by atoms with van der Waals surface area (Å²) in [5, 5.41) is 2.59. The van der Waals surface area contributed by atoms with Crippen LogP contribution in [0.4, 0.5) is 0 Å². The summed E-state index contributed by atoms with van der Waals surface area (Å²) in [4.78, 5) is 0. The highest BCUT2D eigenvalue weighted by atomic mass is 79.9. The monoisotopic (exact) mass is 320 g/mol. The van der Waals surface area contributed by atoms with E-state index in [4.69, 9.17) is 0 Å². The molecule has 0 heterocycles. The molecule has 1 aliphatic carbocycles. The molecule has 0 atom stereocenters. The highest BCUT2D eigenvalue weighted by Crippen LogP contribution is 2.38. The molecule has 0 bridgehead atoms. The second-order valence-corrected chi connectivity index (χ2v) is 5.93. The number of hydrogen-bond acceptors (Lipinski definition) is 0. The lowest BCUT2D eigenvalue weighted by Crippen LogP contribution is -1.88. The summed E-state index contributed by atoms with van der Waals surface area (Å²) in [6, 6.07) is 19.5. The molecule has 0 N–H and O–H groups in total. The van der Waals surface area contributed by atoms with Gasteiger partial charge in [-0.2, -0.15) is 0 Å². The third-order valence-electron chi connectivity index (χ3n) is 3.97. The van der Waals surface area contributed by atoms with E-state index in [1.54, 1.807) is 0 Å². The molecule has 0 unspecified atom stereocenters. The number of benzene rings is 3. The molecule has 0 aliphatic heterocycles. The lowest BCUT2D eigenvalue weighted by atomic mass is 9.96. The van der Waals surface area contributed by atoms with Gasteiger partial charge in [-0.1, -0.05) is 66.7 Å². The molecule has 0 radical (unpaired) electrons. The Morgan fingerprint density at radius 1 is 0.800 bits per heavy atom. The smallest absolute Gasteiger partial charge is 0.0329 e. The first-order chi connectivity index (χ1) is 9.84. The number of hydrogen-bond donors (Lipinski definition) is 0. The normalized spacial score (nSPS) is 12.8. The van der Waals surface area contributed by atoms with Crippen molar-refractivity contribution in [3.63, 3.8) is 0 Å². The van der Waals surface area contributed by atoms with Gasteiger partial charge in [-0.25, -0.2) is 0 Å². The van der Waals surface area contributed by atoms with Gasteiger partial charge >= 0.3 is 0 Å². The number of rotatable bonds is 1. The Kier molecular flexibility index (Phi) is 2.75. The van der Waals surface area contributed by atoms with E-state index in [0.717, 1.165) is 6.42 Å². The van der Waals surface area contributed by atoms with Crippen molar-refractivity contribution in [1.82, 2.24) is 0 Å². The minimum absolute atomic E-state index is 1.05. The molecule has 0 spiro atoms. The third-order valence-corrected chi connectivity index (χ3v) is 4.83. The standard InChI is InChI=1S/C19H13Br/c20-19-16-9-3-7-14(16)11-12-18(19)17-10-4-6-13-5-1-2-8-15(13)17/h1-6,8-12H,7H2. The van der Waals surface area contributed by atoms with E-state index >= 15 is 0 Å². The van der Waals surface area contributed by atoms with Crippen LogP contribution in [0, 0.1) is 0 Å². The number of halogens is 1. The molecule has 0 saturated heterocycles. The largest absolute Gasteiger partial charge is 0.0795 e. The molecule has 96 valence electrons. The van der Waals surface area contributed by atoms with Crippen LogP contribution in [0.5, 0.6) is 0 Å². The van der Waals surface area contributed by atoms with E-state index in [1.807, 2.05) is 0 Å². The van der Waals surface area contributed by atoms with Crippen LogP contribution in [0.15, 0.2) is 65.1 Å². The van der Waals surface area contributed by atoms with Crippen molar-refractivity contribution >= 4 is 32.8 Å². The maximum atomic E-state index is 3.80. The molecule has 1 aliphatic rings. The summed E-state index contributed by atoms with van der Waals surface area (Å²) in [7, 11) is 0. The third kappa shape index (κ3) is 1.74. The van der Waals surface area contributed by atoms with E-state index < -0.39 is 0 Å². The van der Waals surface area contributed by atoms with Gasteiger partial charge in [-0.05, 0) is 55.4 Å². The zero-order valence-corrected chi connectivity index (χ0v) is 12.5. The van der Waals surface area contributed by atoms with Crippen molar-refractivity contribution in [2.75, 3.05) is 0 Å². The van der Waals surface area contributed by atoms with Gasteiger partial charge < -0.3 is 0 Å². The van der Waals surface area contributed by atoms with Gasteiger partial charge in [0.2, 0.25) is 0 Å². The van der Waals surface area contributed by atoms with Gasteiger partial charge in [-0.15, -0.1) is 0 Å². The summed E-state index contributed by atoms with van der Waals surface area (Å²) in [5.41, 5.74) is 5.29. The molecule has 0 nitrogen and oxygen atoms in total. The van der Waals surface area contributed by atoms with Gasteiger partial charge in [0.25, 0.3) is 0 Å². The molecule has 3 aromatic carbocycles. The van der Waals surface area contributed by atoms with Crippen LogP contribution in [0.1, 0.15) is 11.1 Å². The fourth-order valence-corrected chi connectivity index (χ4v) is 3.70. The summed E-state index contributed by atoms with van der Waals surface area (Å²) < 4.78 is 1.21. The topological polar surface area (TPSA) is 0 Å². The molecule has 20 heavy (non-hydrogen) atoms. The van der Waals surface area contributed by atoms with E-state index in [2.05, 4.69) is 82.7 Å². The zero-order chi connectivity index (χ0) is 13.5. The maximum Gasteiger partial charge on any atom is 0.0329 e. The molecule has 1 heteroatoms. The molecular formula is C19H13Br. The van der Waals surface area contributed by atoms with E-state index in [1.165, 1.54) is 37.5 Å². The first-order valence-corrected chi connectivity index (χ1v) is 7.60. The zero-order valence-electron chi connectivity index (χ0n) is 10.9. The average molecular weight is 321 g/mol.